The first-order valence-corrected chi connectivity index (χ1v) is 13.0. The SMILES string of the molecule is C[C@H](O)COc1ccc(N2CCN(CC(C)(C)c3ccc(CO)nc3)C[C@H]2c2ccc(F)cc2)c(Cl)c1. The molecule has 1 saturated heterocycles. The van der Waals surface area contributed by atoms with Gasteiger partial charge >= 0.3 is 0 Å². The number of ether oxygens (including phenoxy) is 1. The van der Waals surface area contributed by atoms with E-state index in [0.29, 0.717) is 16.5 Å². The average molecular weight is 528 g/mol. The zero-order chi connectivity index (χ0) is 26.6. The van der Waals surface area contributed by atoms with Crippen LogP contribution >= 0.6 is 11.6 Å². The van der Waals surface area contributed by atoms with Crippen LogP contribution in [0.15, 0.2) is 60.8 Å². The summed E-state index contributed by atoms with van der Waals surface area (Å²) in [6.45, 7) is 9.33. The van der Waals surface area contributed by atoms with Crippen molar-refractivity contribution in [2.75, 3.05) is 37.7 Å². The van der Waals surface area contributed by atoms with Crippen molar-refractivity contribution in [1.29, 1.82) is 0 Å². The van der Waals surface area contributed by atoms with E-state index in [2.05, 4.69) is 28.6 Å². The molecule has 6 nitrogen and oxygen atoms in total. The molecule has 1 aliphatic rings. The lowest BCUT2D eigenvalue weighted by Gasteiger charge is -2.45. The summed E-state index contributed by atoms with van der Waals surface area (Å²) in [6, 6.07) is 16.1. The molecule has 0 spiro atoms. The summed E-state index contributed by atoms with van der Waals surface area (Å²) in [5.41, 5.74) is 3.52. The second kappa shape index (κ2) is 11.8. The minimum atomic E-state index is -0.568. The number of hydrogen-bond acceptors (Lipinski definition) is 6. The predicted molar refractivity (Wildman–Crippen MR) is 145 cm³/mol. The molecule has 0 aliphatic carbocycles. The summed E-state index contributed by atoms with van der Waals surface area (Å²) in [6.07, 6.45) is 1.28. The number of aliphatic hydroxyl groups is 2. The fourth-order valence-corrected chi connectivity index (χ4v) is 5.12. The van der Waals surface area contributed by atoms with E-state index in [1.54, 1.807) is 13.0 Å². The van der Waals surface area contributed by atoms with Crippen LogP contribution in [0.25, 0.3) is 0 Å². The van der Waals surface area contributed by atoms with E-state index < -0.39 is 6.10 Å². The molecule has 0 bridgehead atoms. The number of piperazine rings is 1. The molecular weight excluding hydrogens is 493 g/mol. The minimum Gasteiger partial charge on any atom is -0.491 e. The van der Waals surface area contributed by atoms with Crippen molar-refractivity contribution in [2.45, 2.75) is 44.9 Å². The smallest absolute Gasteiger partial charge is 0.123 e. The lowest BCUT2D eigenvalue weighted by atomic mass is 9.84. The second-order valence-electron chi connectivity index (χ2n) is 10.3. The van der Waals surface area contributed by atoms with Gasteiger partial charge < -0.3 is 19.8 Å². The van der Waals surface area contributed by atoms with E-state index in [9.17, 15) is 14.6 Å². The van der Waals surface area contributed by atoms with Gasteiger partial charge in [0.15, 0.2) is 0 Å². The third-order valence-electron chi connectivity index (χ3n) is 6.83. The van der Waals surface area contributed by atoms with Crippen molar-refractivity contribution >= 4 is 17.3 Å². The monoisotopic (exact) mass is 527 g/mol. The number of pyridine rings is 1. The van der Waals surface area contributed by atoms with Gasteiger partial charge in [-0.1, -0.05) is 43.6 Å². The van der Waals surface area contributed by atoms with Crippen LogP contribution in [0.5, 0.6) is 5.75 Å². The van der Waals surface area contributed by atoms with Crippen molar-refractivity contribution in [3.8, 4) is 5.75 Å². The first-order valence-electron chi connectivity index (χ1n) is 12.6. The standard InChI is InChI=1S/C29H35ClFN3O3/c1-20(36)18-37-25-10-11-27(26(30)14-25)34-13-12-33(16-28(34)21-4-7-23(31)8-5-21)19-29(2,3)22-6-9-24(17-35)32-15-22/h4-11,14-15,20,28,35-36H,12-13,16-19H2,1-3H3/t20-,28-/m0/s1. The van der Waals surface area contributed by atoms with Gasteiger partial charge in [-0.15, -0.1) is 0 Å². The normalized spacial score (nSPS) is 17.6. The molecule has 2 aromatic carbocycles. The van der Waals surface area contributed by atoms with Gasteiger partial charge in [0.25, 0.3) is 0 Å². The molecule has 37 heavy (non-hydrogen) atoms. The van der Waals surface area contributed by atoms with Crippen LogP contribution in [0.2, 0.25) is 5.02 Å². The van der Waals surface area contributed by atoms with Crippen molar-refractivity contribution in [1.82, 2.24) is 9.88 Å². The fraction of sp³-hybridized carbons (Fsp3) is 0.414. The Labute approximate surface area is 223 Å². The van der Waals surface area contributed by atoms with Gasteiger partial charge in [-0.25, -0.2) is 4.39 Å². The third kappa shape index (κ3) is 6.79. The Morgan fingerprint density at radius 1 is 1.14 bits per heavy atom. The number of aliphatic hydroxyl groups excluding tert-OH is 2. The molecule has 0 unspecified atom stereocenters. The largest absolute Gasteiger partial charge is 0.491 e. The first-order chi connectivity index (χ1) is 17.7. The zero-order valence-electron chi connectivity index (χ0n) is 21.6. The van der Waals surface area contributed by atoms with E-state index in [1.807, 2.05) is 42.6 Å². The quantitative estimate of drug-likeness (QED) is 0.409. The topological polar surface area (TPSA) is 69.1 Å². The molecule has 198 valence electrons. The minimum absolute atomic E-state index is 0.0261. The molecule has 4 rings (SSSR count). The highest BCUT2D eigenvalue weighted by molar-refractivity contribution is 6.33. The average Bonchev–Trinajstić information content (AvgIpc) is 2.88. The molecule has 8 heteroatoms. The van der Waals surface area contributed by atoms with Crippen LogP contribution in [0, 0.1) is 5.82 Å². The van der Waals surface area contributed by atoms with Crippen LogP contribution < -0.4 is 9.64 Å². The number of rotatable bonds is 9. The maximum absolute atomic E-state index is 13.8. The predicted octanol–water partition coefficient (Wildman–Crippen LogP) is 4.97. The van der Waals surface area contributed by atoms with Gasteiger partial charge in [-0.05, 0) is 48.4 Å². The summed E-state index contributed by atoms with van der Waals surface area (Å²) < 4.78 is 19.4. The first kappa shape index (κ1) is 27.3. The Morgan fingerprint density at radius 2 is 1.89 bits per heavy atom. The maximum Gasteiger partial charge on any atom is 0.123 e. The summed E-state index contributed by atoms with van der Waals surface area (Å²) >= 11 is 6.72. The molecule has 1 fully saturated rings. The fourth-order valence-electron chi connectivity index (χ4n) is 4.84. The molecule has 2 atom stereocenters. The van der Waals surface area contributed by atoms with Crippen molar-refractivity contribution < 1.29 is 19.3 Å². The highest BCUT2D eigenvalue weighted by Gasteiger charge is 2.33. The molecule has 1 aromatic heterocycles. The Hall–Kier alpha value is -2.71. The van der Waals surface area contributed by atoms with E-state index >= 15 is 0 Å². The van der Waals surface area contributed by atoms with Gasteiger partial charge in [0.1, 0.15) is 18.2 Å². The Bertz CT molecular complexity index is 1170. The van der Waals surface area contributed by atoms with Crippen LogP contribution in [0.3, 0.4) is 0 Å². The highest BCUT2D eigenvalue weighted by Crippen LogP contribution is 2.38. The summed E-state index contributed by atoms with van der Waals surface area (Å²) in [5.74, 6) is 0.342. The summed E-state index contributed by atoms with van der Waals surface area (Å²) in [5, 5.41) is 19.4. The van der Waals surface area contributed by atoms with Gasteiger partial charge in [-0.2, -0.15) is 0 Å². The van der Waals surface area contributed by atoms with Crippen LogP contribution in [0.4, 0.5) is 10.1 Å². The van der Waals surface area contributed by atoms with E-state index in [0.717, 1.165) is 43.0 Å². The van der Waals surface area contributed by atoms with Crippen molar-refractivity contribution in [2.24, 2.45) is 0 Å². The molecule has 0 amide bonds. The molecule has 0 saturated carbocycles. The molecular formula is C29H35ClFN3O3. The van der Waals surface area contributed by atoms with Gasteiger partial charge in [0.05, 0.1) is 35.2 Å². The zero-order valence-corrected chi connectivity index (χ0v) is 22.3. The van der Waals surface area contributed by atoms with E-state index in [-0.39, 0.29) is 30.5 Å². The third-order valence-corrected chi connectivity index (χ3v) is 7.13. The highest BCUT2D eigenvalue weighted by atomic mass is 35.5. The number of aromatic nitrogens is 1. The number of nitrogens with zero attached hydrogens (tertiary/aromatic N) is 3. The summed E-state index contributed by atoms with van der Waals surface area (Å²) in [4.78, 5) is 9.07. The van der Waals surface area contributed by atoms with Crippen LogP contribution in [-0.4, -0.2) is 59.0 Å². The van der Waals surface area contributed by atoms with Crippen LogP contribution in [-0.2, 0) is 12.0 Å². The molecule has 1 aliphatic heterocycles. The van der Waals surface area contributed by atoms with Gasteiger partial charge in [0, 0.05) is 43.9 Å². The molecule has 3 aromatic rings. The Balaban J connectivity index is 1.57. The van der Waals surface area contributed by atoms with E-state index in [1.165, 1.54) is 12.1 Å². The van der Waals surface area contributed by atoms with E-state index in [4.69, 9.17) is 16.3 Å². The summed E-state index contributed by atoms with van der Waals surface area (Å²) in [7, 11) is 0. The lowest BCUT2D eigenvalue weighted by Crippen LogP contribution is -2.51. The maximum atomic E-state index is 13.8. The second-order valence-corrected chi connectivity index (χ2v) is 10.8. The number of anilines is 1. The number of halogens is 2. The van der Waals surface area contributed by atoms with Gasteiger partial charge in [0.2, 0.25) is 0 Å². The molecule has 2 N–H and O–H groups in total. The van der Waals surface area contributed by atoms with Crippen molar-refractivity contribution in [3.63, 3.8) is 0 Å². The Morgan fingerprint density at radius 3 is 2.51 bits per heavy atom. The van der Waals surface area contributed by atoms with Crippen molar-refractivity contribution in [3.05, 3.63) is 88.5 Å². The van der Waals surface area contributed by atoms with Gasteiger partial charge in [-0.3, -0.25) is 9.88 Å². The lowest BCUT2D eigenvalue weighted by molar-refractivity contribution is 0.123. The number of benzene rings is 2. The molecule has 0 radical (unpaired) electrons. The molecule has 2 heterocycles. The Kier molecular flexibility index (Phi) is 8.70. The number of hydrogen-bond donors (Lipinski definition) is 2. The van der Waals surface area contributed by atoms with Crippen LogP contribution in [0.1, 0.15) is 43.6 Å².